The Morgan fingerprint density at radius 3 is 1.31 bits per heavy atom. The van der Waals surface area contributed by atoms with E-state index in [1.807, 2.05) is 22.9 Å². The molecule has 4 amide bonds. The van der Waals surface area contributed by atoms with Gasteiger partial charge in [-0.3, -0.25) is 19.2 Å². The third kappa shape index (κ3) is 8.04. The number of hydrogen-bond acceptors (Lipinski definition) is 9. The maximum absolute atomic E-state index is 12.6. The number of carbonyl (C=O) groups excluding carboxylic acids is 4. The lowest BCUT2D eigenvalue weighted by Crippen LogP contribution is -2.20. The van der Waals surface area contributed by atoms with E-state index < -0.39 is 11.8 Å². The zero-order chi connectivity index (χ0) is 31.8. The number of benzene rings is 2. The molecule has 11 nitrogen and oxygen atoms in total. The first-order chi connectivity index (χ1) is 21.8. The summed E-state index contributed by atoms with van der Waals surface area (Å²) in [6.07, 6.45) is 0. The molecule has 2 aromatic carbocycles. The molecule has 0 saturated carbocycles. The second kappa shape index (κ2) is 14.2. The van der Waals surface area contributed by atoms with Crippen LogP contribution in [-0.4, -0.2) is 35.1 Å². The Labute approximate surface area is 265 Å². The van der Waals surface area contributed by atoms with Crippen LogP contribution < -0.4 is 21.5 Å². The average molecular weight is 639 g/mol. The van der Waals surface area contributed by atoms with Gasteiger partial charge in [0.25, 0.3) is 11.8 Å². The minimum atomic E-state index is -0.640. The summed E-state index contributed by atoms with van der Waals surface area (Å²) < 4.78 is 5.41. The van der Waals surface area contributed by atoms with Gasteiger partial charge in [0, 0.05) is 11.4 Å². The number of carbonyl (C=O) groups is 4. The third-order valence-corrected chi connectivity index (χ3v) is 8.05. The minimum Gasteiger partial charge on any atom is -0.446 e. The largest absolute Gasteiger partial charge is 0.446 e. The lowest BCUT2D eigenvalue weighted by Gasteiger charge is -2.06. The second-order valence-electron chi connectivity index (χ2n) is 9.46. The van der Waals surface area contributed by atoms with Crippen LogP contribution in [0.3, 0.4) is 0 Å². The molecular formula is C32H26N6O5S2. The molecule has 0 aliphatic carbocycles. The number of thiophene rings is 2. The molecule has 3 heterocycles. The number of hydrazone groups is 2. The minimum absolute atomic E-state index is 0.107. The highest BCUT2D eigenvalue weighted by Crippen LogP contribution is 2.16. The average Bonchev–Trinajstić information content (AvgIpc) is 3.86. The van der Waals surface area contributed by atoms with Crippen LogP contribution in [0.2, 0.25) is 0 Å². The Morgan fingerprint density at radius 2 is 0.956 bits per heavy atom. The monoisotopic (exact) mass is 638 g/mol. The van der Waals surface area contributed by atoms with Gasteiger partial charge in [0.1, 0.15) is 0 Å². The highest BCUT2D eigenvalue weighted by atomic mass is 32.1. The van der Waals surface area contributed by atoms with E-state index >= 15 is 0 Å². The lowest BCUT2D eigenvalue weighted by molar-refractivity contribution is 0.0900. The molecule has 5 rings (SSSR count). The number of anilines is 2. The standard InChI is InChI=1S/C32H26N6O5S2/c1-19(21-7-11-23(12-8-21)33-31(41)27-5-3-17-44-27)35-37-29(39)25-15-16-26(43-25)30(40)38-36-20(2)22-9-13-24(14-10-22)34-32(42)28-6-4-18-45-28/h3-18H,1-2H3,(H,33,41)(H,34,42)(H,37,39)(H,38,40). The van der Waals surface area contributed by atoms with Gasteiger partial charge in [-0.25, -0.2) is 10.9 Å². The first kappa shape index (κ1) is 30.8. The molecule has 45 heavy (non-hydrogen) atoms. The van der Waals surface area contributed by atoms with E-state index in [1.54, 1.807) is 74.5 Å². The van der Waals surface area contributed by atoms with Crippen LogP contribution in [0, 0.1) is 0 Å². The summed E-state index contributed by atoms with van der Waals surface area (Å²) >= 11 is 2.71. The molecule has 0 bridgehead atoms. The maximum Gasteiger partial charge on any atom is 0.307 e. The van der Waals surface area contributed by atoms with Crippen LogP contribution in [0.15, 0.2) is 110 Å². The van der Waals surface area contributed by atoms with Crippen molar-refractivity contribution in [2.24, 2.45) is 10.2 Å². The predicted octanol–water partition coefficient (Wildman–Crippen LogP) is 6.22. The fourth-order valence-electron chi connectivity index (χ4n) is 3.88. The van der Waals surface area contributed by atoms with Gasteiger partial charge in [-0.1, -0.05) is 36.4 Å². The van der Waals surface area contributed by atoms with Gasteiger partial charge in [0.15, 0.2) is 11.5 Å². The van der Waals surface area contributed by atoms with E-state index in [-0.39, 0.29) is 23.3 Å². The Hall–Kier alpha value is -5.66. The van der Waals surface area contributed by atoms with Gasteiger partial charge in [-0.15, -0.1) is 22.7 Å². The normalized spacial score (nSPS) is 11.5. The number of nitrogens with one attached hydrogen (secondary N) is 4. The summed E-state index contributed by atoms with van der Waals surface area (Å²) in [4.78, 5) is 50.8. The molecule has 0 radical (unpaired) electrons. The fourth-order valence-corrected chi connectivity index (χ4v) is 5.12. The van der Waals surface area contributed by atoms with E-state index in [0.29, 0.717) is 32.6 Å². The zero-order valence-corrected chi connectivity index (χ0v) is 25.6. The van der Waals surface area contributed by atoms with Gasteiger partial charge in [0.2, 0.25) is 0 Å². The lowest BCUT2D eigenvalue weighted by atomic mass is 10.1. The summed E-state index contributed by atoms with van der Waals surface area (Å²) in [5, 5.41) is 17.5. The second-order valence-corrected chi connectivity index (χ2v) is 11.4. The molecule has 226 valence electrons. The molecular weight excluding hydrogens is 613 g/mol. The van der Waals surface area contributed by atoms with Crippen LogP contribution in [0.4, 0.5) is 11.4 Å². The quantitative estimate of drug-likeness (QED) is 0.106. The molecule has 0 fully saturated rings. The Balaban J connectivity index is 1.11. The van der Waals surface area contributed by atoms with Crippen LogP contribution in [-0.2, 0) is 0 Å². The van der Waals surface area contributed by atoms with E-state index in [4.69, 9.17) is 4.42 Å². The zero-order valence-electron chi connectivity index (χ0n) is 24.0. The molecule has 0 spiro atoms. The SMILES string of the molecule is CC(=NNC(=O)c1ccc(C(=O)NN=C(C)c2ccc(NC(=O)c3cccs3)cc2)o1)c1ccc(NC(=O)c2cccs2)cc1. The number of nitrogens with zero attached hydrogens (tertiary/aromatic N) is 2. The predicted molar refractivity (Wildman–Crippen MR) is 175 cm³/mol. The maximum atomic E-state index is 12.6. The Kier molecular flexibility index (Phi) is 9.72. The van der Waals surface area contributed by atoms with E-state index in [1.165, 1.54) is 34.8 Å². The first-order valence-electron chi connectivity index (χ1n) is 13.5. The summed E-state index contributed by atoms with van der Waals surface area (Å²) in [5.41, 5.74) is 8.58. The van der Waals surface area contributed by atoms with Gasteiger partial charge >= 0.3 is 11.8 Å². The molecule has 3 aromatic heterocycles. The summed E-state index contributed by atoms with van der Waals surface area (Å²) in [6, 6.07) is 23.9. The van der Waals surface area contributed by atoms with Crippen molar-refractivity contribution in [2.75, 3.05) is 10.6 Å². The van der Waals surface area contributed by atoms with Crippen LogP contribution in [0.5, 0.6) is 0 Å². The van der Waals surface area contributed by atoms with Gasteiger partial charge in [-0.2, -0.15) is 10.2 Å². The molecule has 0 unspecified atom stereocenters. The summed E-state index contributed by atoms with van der Waals surface area (Å²) in [5.74, 6) is -1.87. The number of rotatable bonds is 10. The van der Waals surface area contributed by atoms with Crippen molar-refractivity contribution in [2.45, 2.75) is 13.8 Å². The summed E-state index contributed by atoms with van der Waals surface area (Å²) in [6.45, 7) is 3.44. The molecule has 0 aliphatic heterocycles. The van der Waals surface area contributed by atoms with E-state index in [0.717, 1.165) is 11.1 Å². The van der Waals surface area contributed by atoms with Gasteiger partial charge < -0.3 is 15.1 Å². The van der Waals surface area contributed by atoms with Crippen molar-refractivity contribution >= 4 is 69.1 Å². The number of furan rings is 1. The molecule has 13 heteroatoms. The van der Waals surface area contributed by atoms with Crippen molar-refractivity contribution in [1.29, 1.82) is 0 Å². The third-order valence-electron chi connectivity index (χ3n) is 6.31. The van der Waals surface area contributed by atoms with E-state index in [2.05, 4.69) is 31.7 Å². The van der Waals surface area contributed by atoms with Crippen molar-refractivity contribution in [3.63, 3.8) is 0 Å². The molecule has 0 atom stereocenters. The van der Waals surface area contributed by atoms with Crippen LogP contribution in [0.1, 0.15) is 65.4 Å². The van der Waals surface area contributed by atoms with Gasteiger partial charge in [0.05, 0.1) is 21.2 Å². The molecule has 0 aliphatic rings. The molecule has 4 N–H and O–H groups in total. The van der Waals surface area contributed by atoms with Crippen LogP contribution in [0.25, 0.3) is 0 Å². The first-order valence-corrected chi connectivity index (χ1v) is 15.2. The Bertz CT molecular complexity index is 1740. The number of hydrogen-bond donors (Lipinski definition) is 4. The van der Waals surface area contributed by atoms with Crippen molar-refractivity contribution in [3.8, 4) is 0 Å². The number of amides is 4. The van der Waals surface area contributed by atoms with E-state index in [9.17, 15) is 19.2 Å². The smallest absolute Gasteiger partial charge is 0.307 e. The highest BCUT2D eigenvalue weighted by molar-refractivity contribution is 7.12. The Morgan fingerprint density at radius 1 is 0.556 bits per heavy atom. The van der Waals surface area contributed by atoms with Gasteiger partial charge in [-0.05, 0) is 84.3 Å². The van der Waals surface area contributed by atoms with Crippen molar-refractivity contribution in [3.05, 3.63) is 128 Å². The molecule has 5 aromatic rings. The summed E-state index contributed by atoms with van der Waals surface area (Å²) in [7, 11) is 0. The topological polar surface area (TPSA) is 154 Å². The molecule has 0 saturated heterocycles. The fraction of sp³-hybridized carbons (Fsp3) is 0.0625. The van der Waals surface area contributed by atoms with Crippen molar-refractivity contribution in [1.82, 2.24) is 10.9 Å². The van der Waals surface area contributed by atoms with Crippen LogP contribution >= 0.6 is 22.7 Å². The highest BCUT2D eigenvalue weighted by Gasteiger charge is 2.16. The van der Waals surface area contributed by atoms with Crippen molar-refractivity contribution < 1.29 is 23.6 Å².